The summed E-state index contributed by atoms with van der Waals surface area (Å²) in [5, 5.41) is 4.05. The van der Waals surface area contributed by atoms with E-state index < -0.39 is 0 Å². The number of carbonyl (C=O) groups is 1. The Morgan fingerprint density at radius 1 is 1.27 bits per heavy atom. The second-order valence-corrected chi connectivity index (χ2v) is 3.60. The standard InChI is InChI=1S/C11H9N3O/c15-11-4-1-8-5-9(2-3-10(8)11)14-7-12-6-13-14/h2-3,5-7H,1,4H2. The van der Waals surface area contributed by atoms with Crippen LogP contribution in [0.4, 0.5) is 0 Å². The van der Waals surface area contributed by atoms with E-state index in [1.54, 1.807) is 11.0 Å². The van der Waals surface area contributed by atoms with E-state index in [9.17, 15) is 4.79 Å². The Balaban J connectivity index is 2.11. The van der Waals surface area contributed by atoms with Crippen LogP contribution in [0.15, 0.2) is 30.9 Å². The number of aryl methyl sites for hydroxylation is 1. The van der Waals surface area contributed by atoms with E-state index in [4.69, 9.17) is 0 Å². The van der Waals surface area contributed by atoms with Gasteiger partial charge in [0.05, 0.1) is 5.69 Å². The predicted molar refractivity (Wildman–Crippen MR) is 54.0 cm³/mol. The Hall–Kier alpha value is -1.97. The van der Waals surface area contributed by atoms with Gasteiger partial charge in [-0.2, -0.15) is 5.10 Å². The first-order valence-corrected chi connectivity index (χ1v) is 4.86. The molecule has 74 valence electrons. The SMILES string of the molecule is O=C1CCc2cc(-n3cncn3)ccc21. The second-order valence-electron chi connectivity index (χ2n) is 3.60. The molecule has 4 heteroatoms. The molecule has 1 aliphatic carbocycles. The molecule has 0 saturated carbocycles. The van der Waals surface area contributed by atoms with Gasteiger partial charge in [-0.15, -0.1) is 0 Å². The first-order chi connectivity index (χ1) is 7.34. The van der Waals surface area contributed by atoms with Gasteiger partial charge in [-0.25, -0.2) is 9.67 Å². The Bertz CT molecular complexity index is 517. The zero-order valence-electron chi connectivity index (χ0n) is 8.05. The number of ketones is 1. The van der Waals surface area contributed by atoms with Gasteiger partial charge in [-0.1, -0.05) is 0 Å². The molecule has 0 amide bonds. The van der Waals surface area contributed by atoms with Crippen LogP contribution < -0.4 is 0 Å². The molecule has 0 radical (unpaired) electrons. The van der Waals surface area contributed by atoms with Crippen LogP contribution in [0.25, 0.3) is 5.69 Å². The maximum absolute atomic E-state index is 11.4. The van der Waals surface area contributed by atoms with Gasteiger partial charge in [0.2, 0.25) is 0 Å². The molecule has 0 spiro atoms. The Kier molecular flexibility index (Phi) is 1.68. The molecule has 1 heterocycles. The average Bonchev–Trinajstić information content (AvgIpc) is 2.88. The van der Waals surface area contributed by atoms with Gasteiger partial charge in [0.1, 0.15) is 12.7 Å². The van der Waals surface area contributed by atoms with Crippen molar-refractivity contribution in [3.8, 4) is 5.69 Å². The van der Waals surface area contributed by atoms with Crippen molar-refractivity contribution in [1.29, 1.82) is 0 Å². The van der Waals surface area contributed by atoms with E-state index in [1.807, 2.05) is 18.2 Å². The smallest absolute Gasteiger partial charge is 0.163 e. The van der Waals surface area contributed by atoms with Crippen LogP contribution in [0.1, 0.15) is 22.3 Å². The molecule has 0 aliphatic heterocycles. The highest BCUT2D eigenvalue weighted by molar-refractivity contribution is 6.00. The number of carbonyl (C=O) groups excluding carboxylic acids is 1. The lowest BCUT2D eigenvalue weighted by Gasteiger charge is -2.02. The summed E-state index contributed by atoms with van der Waals surface area (Å²) >= 11 is 0. The van der Waals surface area contributed by atoms with E-state index in [2.05, 4.69) is 10.1 Å². The molecule has 4 nitrogen and oxygen atoms in total. The largest absolute Gasteiger partial charge is 0.294 e. The first-order valence-electron chi connectivity index (χ1n) is 4.86. The summed E-state index contributed by atoms with van der Waals surface area (Å²) in [7, 11) is 0. The number of fused-ring (bicyclic) bond motifs is 1. The molecule has 1 aliphatic rings. The van der Waals surface area contributed by atoms with Crippen LogP contribution in [-0.2, 0) is 6.42 Å². The topological polar surface area (TPSA) is 47.8 Å². The van der Waals surface area contributed by atoms with Gasteiger partial charge in [0, 0.05) is 12.0 Å². The molecule has 1 aromatic heterocycles. The van der Waals surface area contributed by atoms with Crippen LogP contribution >= 0.6 is 0 Å². The van der Waals surface area contributed by atoms with Gasteiger partial charge in [-0.05, 0) is 30.2 Å². The molecule has 2 aromatic rings. The van der Waals surface area contributed by atoms with Gasteiger partial charge in [-0.3, -0.25) is 4.79 Å². The van der Waals surface area contributed by atoms with E-state index in [0.717, 1.165) is 23.2 Å². The number of aromatic nitrogens is 3. The molecule has 0 bridgehead atoms. The third kappa shape index (κ3) is 1.26. The molecule has 0 fully saturated rings. The average molecular weight is 199 g/mol. The van der Waals surface area contributed by atoms with Crippen LogP contribution in [-0.4, -0.2) is 20.5 Å². The molecular weight excluding hydrogens is 190 g/mol. The zero-order valence-corrected chi connectivity index (χ0v) is 8.05. The van der Waals surface area contributed by atoms with E-state index in [0.29, 0.717) is 6.42 Å². The van der Waals surface area contributed by atoms with Crippen molar-refractivity contribution in [2.24, 2.45) is 0 Å². The maximum atomic E-state index is 11.4. The minimum Gasteiger partial charge on any atom is -0.294 e. The summed E-state index contributed by atoms with van der Waals surface area (Å²) in [5.74, 6) is 0.246. The molecule has 15 heavy (non-hydrogen) atoms. The van der Waals surface area contributed by atoms with E-state index in [1.165, 1.54) is 6.33 Å². The minimum absolute atomic E-state index is 0.246. The molecule has 0 saturated heterocycles. The summed E-state index contributed by atoms with van der Waals surface area (Å²) in [6.45, 7) is 0. The highest BCUT2D eigenvalue weighted by Crippen LogP contribution is 2.23. The van der Waals surface area contributed by atoms with E-state index in [-0.39, 0.29) is 5.78 Å². The molecule has 3 rings (SSSR count). The lowest BCUT2D eigenvalue weighted by molar-refractivity contribution is 0.0994. The van der Waals surface area contributed by atoms with Crippen molar-refractivity contribution in [2.45, 2.75) is 12.8 Å². The number of hydrogen-bond donors (Lipinski definition) is 0. The van der Waals surface area contributed by atoms with Crippen LogP contribution in [0.5, 0.6) is 0 Å². The van der Waals surface area contributed by atoms with Crippen molar-refractivity contribution >= 4 is 5.78 Å². The van der Waals surface area contributed by atoms with Crippen LogP contribution in [0.2, 0.25) is 0 Å². The maximum Gasteiger partial charge on any atom is 0.163 e. The Morgan fingerprint density at radius 3 is 3.00 bits per heavy atom. The highest BCUT2D eigenvalue weighted by atomic mass is 16.1. The van der Waals surface area contributed by atoms with Crippen LogP contribution in [0, 0.1) is 0 Å². The van der Waals surface area contributed by atoms with Crippen molar-refractivity contribution in [1.82, 2.24) is 14.8 Å². The second kappa shape index (κ2) is 3.02. The molecule has 1 aromatic carbocycles. The Labute approximate surface area is 86.6 Å². The van der Waals surface area contributed by atoms with Gasteiger partial charge in [0.15, 0.2) is 5.78 Å². The normalized spacial score (nSPS) is 14.3. The lowest BCUT2D eigenvalue weighted by Crippen LogP contribution is -1.97. The summed E-state index contributed by atoms with van der Waals surface area (Å²) in [6.07, 6.45) is 4.63. The van der Waals surface area contributed by atoms with Gasteiger partial charge >= 0.3 is 0 Å². The lowest BCUT2D eigenvalue weighted by atomic mass is 10.1. The molecule has 0 unspecified atom stereocenters. The van der Waals surface area contributed by atoms with Crippen molar-refractivity contribution in [2.75, 3.05) is 0 Å². The van der Waals surface area contributed by atoms with Crippen molar-refractivity contribution in [3.63, 3.8) is 0 Å². The monoisotopic (exact) mass is 199 g/mol. The highest BCUT2D eigenvalue weighted by Gasteiger charge is 2.19. The van der Waals surface area contributed by atoms with Crippen molar-refractivity contribution in [3.05, 3.63) is 42.0 Å². The fourth-order valence-electron chi connectivity index (χ4n) is 1.93. The summed E-state index contributed by atoms with van der Waals surface area (Å²) in [4.78, 5) is 15.3. The number of Topliss-reactive ketones (excluding diaryl/α,β-unsaturated/α-hetero) is 1. The number of rotatable bonds is 1. The fourth-order valence-corrected chi connectivity index (χ4v) is 1.93. The summed E-state index contributed by atoms with van der Waals surface area (Å²) in [6, 6.07) is 5.79. The first kappa shape index (κ1) is 8.35. The fraction of sp³-hybridized carbons (Fsp3) is 0.182. The zero-order chi connectivity index (χ0) is 10.3. The number of hydrogen-bond acceptors (Lipinski definition) is 3. The van der Waals surface area contributed by atoms with Crippen molar-refractivity contribution < 1.29 is 4.79 Å². The number of benzene rings is 1. The molecular formula is C11H9N3O. The van der Waals surface area contributed by atoms with Gasteiger partial charge < -0.3 is 0 Å². The third-order valence-electron chi connectivity index (χ3n) is 2.69. The van der Waals surface area contributed by atoms with Crippen LogP contribution in [0.3, 0.4) is 0 Å². The van der Waals surface area contributed by atoms with E-state index >= 15 is 0 Å². The minimum atomic E-state index is 0.246. The summed E-state index contributed by atoms with van der Waals surface area (Å²) in [5.41, 5.74) is 2.94. The quantitative estimate of drug-likeness (QED) is 0.697. The molecule has 0 N–H and O–H groups in total. The Morgan fingerprint density at radius 2 is 2.20 bits per heavy atom. The van der Waals surface area contributed by atoms with Gasteiger partial charge in [0.25, 0.3) is 0 Å². The predicted octanol–water partition coefficient (Wildman–Crippen LogP) is 1.40. The molecule has 0 atom stereocenters. The third-order valence-corrected chi connectivity index (χ3v) is 2.69. The summed E-state index contributed by atoms with van der Waals surface area (Å²) < 4.78 is 1.70. The number of nitrogens with zero attached hydrogens (tertiary/aromatic N) is 3.